The lowest BCUT2D eigenvalue weighted by Gasteiger charge is -1.93. The molecule has 1 aromatic rings. The van der Waals surface area contributed by atoms with Gasteiger partial charge in [-0.1, -0.05) is 0 Å². The maximum Gasteiger partial charge on any atom is 0.413 e. The molecule has 0 aliphatic rings. The van der Waals surface area contributed by atoms with Gasteiger partial charge in [0.25, 0.3) is 6.33 Å². The molecule has 11 heavy (non-hydrogen) atoms. The molecule has 1 N–H and O–H groups in total. The summed E-state index contributed by atoms with van der Waals surface area (Å²) < 4.78 is 3.32. The standard InChI is InChI=1S/C7H11N3O/c1-3-8-7(11)10-5-4-9(2)6-10/h4-6H,3H2,1-2H3/p+1. The molecule has 0 aromatic carbocycles. The van der Waals surface area contributed by atoms with Crippen LogP contribution in [0.1, 0.15) is 6.92 Å². The SMILES string of the molecule is CCNC(=O)n1cc[n+](C)c1. The molecular formula is C7H12N3O+. The Balaban J connectivity index is 2.69. The normalized spacial score (nSPS) is 9.64. The summed E-state index contributed by atoms with van der Waals surface area (Å²) in [6, 6.07) is -0.0897. The van der Waals surface area contributed by atoms with E-state index in [-0.39, 0.29) is 6.03 Å². The number of carbonyl (C=O) groups excluding carboxylic acids is 1. The van der Waals surface area contributed by atoms with E-state index in [1.807, 2.05) is 24.7 Å². The van der Waals surface area contributed by atoms with Crippen LogP contribution < -0.4 is 9.88 Å². The van der Waals surface area contributed by atoms with Crippen molar-refractivity contribution in [2.45, 2.75) is 6.92 Å². The predicted molar refractivity (Wildman–Crippen MR) is 40.1 cm³/mol. The van der Waals surface area contributed by atoms with E-state index >= 15 is 0 Å². The summed E-state index contributed by atoms with van der Waals surface area (Å²) >= 11 is 0. The molecule has 0 spiro atoms. The molecular weight excluding hydrogens is 142 g/mol. The molecule has 4 nitrogen and oxygen atoms in total. The summed E-state index contributed by atoms with van der Waals surface area (Å²) in [6.45, 7) is 2.54. The average Bonchev–Trinajstić information content (AvgIpc) is 2.36. The minimum Gasteiger partial charge on any atom is -0.318 e. The number of rotatable bonds is 1. The number of imidazole rings is 1. The van der Waals surface area contributed by atoms with E-state index < -0.39 is 0 Å². The zero-order valence-corrected chi connectivity index (χ0v) is 6.74. The first-order chi connectivity index (χ1) is 5.24. The number of aromatic nitrogens is 2. The van der Waals surface area contributed by atoms with Crippen molar-refractivity contribution >= 4 is 6.03 Å². The smallest absolute Gasteiger partial charge is 0.318 e. The predicted octanol–water partition coefficient (Wildman–Crippen LogP) is -0.110. The van der Waals surface area contributed by atoms with Gasteiger partial charge in [-0.15, -0.1) is 0 Å². The van der Waals surface area contributed by atoms with Crippen molar-refractivity contribution in [3.05, 3.63) is 18.7 Å². The highest BCUT2D eigenvalue weighted by atomic mass is 16.2. The van der Waals surface area contributed by atoms with Crippen molar-refractivity contribution in [1.82, 2.24) is 9.88 Å². The summed E-state index contributed by atoms with van der Waals surface area (Å²) in [4.78, 5) is 11.1. The number of nitrogens with one attached hydrogen (secondary N) is 1. The highest BCUT2D eigenvalue weighted by Crippen LogP contribution is 1.81. The van der Waals surface area contributed by atoms with Crippen LogP contribution in [0.4, 0.5) is 4.79 Å². The van der Waals surface area contributed by atoms with Crippen LogP contribution in [-0.2, 0) is 7.05 Å². The molecule has 4 heteroatoms. The molecule has 0 aliphatic carbocycles. The fourth-order valence-electron chi connectivity index (χ4n) is 0.813. The Hall–Kier alpha value is -1.32. The first-order valence-corrected chi connectivity index (χ1v) is 3.55. The number of hydrogen-bond donors (Lipinski definition) is 1. The Morgan fingerprint density at radius 3 is 2.91 bits per heavy atom. The maximum absolute atomic E-state index is 11.1. The van der Waals surface area contributed by atoms with Crippen LogP contribution in [0.15, 0.2) is 18.7 Å². The minimum absolute atomic E-state index is 0.0897. The second-order valence-electron chi connectivity index (χ2n) is 2.32. The van der Waals surface area contributed by atoms with Gasteiger partial charge >= 0.3 is 6.03 Å². The number of nitrogens with zero attached hydrogens (tertiary/aromatic N) is 2. The van der Waals surface area contributed by atoms with E-state index in [9.17, 15) is 4.79 Å². The molecule has 0 unspecified atom stereocenters. The van der Waals surface area contributed by atoms with Crippen molar-refractivity contribution in [1.29, 1.82) is 0 Å². The van der Waals surface area contributed by atoms with Crippen LogP contribution in [0.2, 0.25) is 0 Å². The third-order valence-corrected chi connectivity index (χ3v) is 1.33. The van der Waals surface area contributed by atoms with E-state index in [2.05, 4.69) is 5.32 Å². The second kappa shape index (κ2) is 3.18. The van der Waals surface area contributed by atoms with E-state index in [1.54, 1.807) is 12.5 Å². The molecule has 0 radical (unpaired) electrons. The number of hydrogen-bond acceptors (Lipinski definition) is 1. The lowest BCUT2D eigenvalue weighted by Crippen LogP contribution is -2.30. The Kier molecular flexibility index (Phi) is 2.25. The van der Waals surface area contributed by atoms with Gasteiger partial charge in [0.2, 0.25) is 0 Å². The molecule has 0 aliphatic heterocycles. The monoisotopic (exact) mass is 154 g/mol. The second-order valence-corrected chi connectivity index (χ2v) is 2.32. The van der Waals surface area contributed by atoms with Gasteiger partial charge in [-0.2, -0.15) is 4.57 Å². The van der Waals surface area contributed by atoms with Crippen molar-refractivity contribution in [2.24, 2.45) is 7.05 Å². The summed E-state index contributed by atoms with van der Waals surface area (Å²) in [5.41, 5.74) is 0. The molecule has 0 saturated carbocycles. The van der Waals surface area contributed by atoms with Gasteiger partial charge < -0.3 is 5.32 Å². The Morgan fingerprint density at radius 2 is 2.45 bits per heavy atom. The third kappa shape index (κ3) is 1.80. The Morgan fingerprint density at radius 1 is 1.73 bits per heavy atom. The first-order valence-electron chi connectivity index (χ1n) is 3.55. The zero-order chi connectivity index (χ0) is 8.27. The lowest BCUT2D eigenvalue weighted by atomic mass is 10.7. The molecule has 0 fully saturated rings. The molecule has 0 atom stereocenters. The van der Waals surface area contributed by atoms with Gasteiger partial charge in [0.05, 0.1) is 7.05 Å². The summed E-state index contributed by atoms with van der Waals surface area (Å²) in [7, 11) is 1.87. The van der Waals surface area contributed by atoms with Crippen LogP contribution in [0.25, 0.3) is 0 Å². The molecule has 0 bridgehead atoms. The lowest BCUT2D eigenvalue weighted by molar-refractivity contribution is -0.670. The fourth-order valence-corrected chi connectivity index (χ4v) is 0.813. The average molecular weight is 154 g/mol. The molecule has 1 amide bonds. The highest BCUT2D eigenvalue weighted by Gasteiger charge is 2.08. The van der Waals surface area contributed by atoms with E-state index in [0.29, 0.717) is 6.54 Å². The van der Waals surface area contributed by atoms with Crippen LogP contribution in [0.3, 0.4) is 0 Å². The van der Waals surface area contributed by atoms with Crippen molar-refractivity contribution < 1.29 is 9.36 Å². The van der Waals surface area contributed by atoms with Crippen LogP contribution in [-0.4, -0.2) is 17.1 Å². The minimum atomic E-state index is -0.0897. The number of carbonyl (C=O) groups is 1. The summed E-state index contributed by atoms with van der Waals surface area (Å²) in [6.07, 6.45) is 5.24. The van der Waals surface area contributed by atoms with Crippen molar-refractivity contribution in [3.63, 3.8) is 0 Å². The van der Waals surface area contributed by atoms with Gasteiger partial charge in [0.1, 0.15) is 12.4 Å². The van der Waals surface area contributed by atoms with Gasteiger partial charge in [0, 0.05) is 6.54 Å². The topological polar surface area (TPSA) is 37.9 Å². The molecule has 0 saturated heterocycles. The van der Waals surface area contributed by atoms with Gasteiger partial charge in [-0.05, 0) is 6.92 Å². The zero-order valence-electron chi connectivity index (χ0n) is 6.74. The fraction of sp³-hybridized carbons (Fsp3) is 0.429. The third-order valence-electron chi connectivity index (χ3n) is 1.33. The molecule has 1 aromatic heterocycles. The number of aryl methyl sites for hydroxylation is 1. The summed E-state index contributed by atoms with van der Waals surface area (Å²) in [5.74, 6) is 0. The maximum atomic E-state index is 11.1. The van der Waals surface area contributed by atoms with Crippen LogP contribution >= 0.6 is 0 Å². The van der Waals surface area contributed by atoms with Crippen molar-refractivity contribution in [3.8, 4) is 0 Å². The van der Waals surface area contributed by atoms with Gasteiger partial charge in [-0.25, -0.2) is 9.36 Å². The highest BCUT2D eigenvalue weighted by molar-refractivity contribution is 5.75. The van der Waals surface area contributed by atoms with Gasteiger partial charge in [-0.3, -0.25) is 0 Å². The van der Waals surface area contributed by atoms with Crippen molar-refractivity contribution in [2.75, 3.05) is 6.54 Å². The first kappa shape index (κ1) is 7.78. The van der Waals surface area contributed by atoms with Crippen LogP contribution in [0.5, 0.6) is 0 Å². The molecule has 1 rings (SSSR count). The summed E-state index contributed by atoms with van der Waals surface area (Å²) in [5, 5.41) is 2.69. The van der Waals surface area contributed by atoms with E-state index in [1.165, 1.54) is 4.57 Å². The van der Waals surface area contributed by atoms with E-state index in [0.717, 1.165) is 0 Å². The van der Waals surface area contributed by atoms with E-state index in [4.69, 9.17) is 0 Å². The van der Waals surface area contributed by atoms with Gasteiger partial charge in [0.15, 0.2) is 0 Å². The quantitative estimate of drug-likeness (QED) is 0.563. The Labute approximate surface area is 65.5 Å². The Bertz CT molecular complexity index is 254. The molecule has 1 heterocycles. The largest absolute Gasteiger partial charge is 0.413 e. The number of amides is 1. The van der Waals surface area contributed by atoms with Crippen LogP contribution in [0, 0.1) is 0 Å². The molecule has 60 valence electrons.